The highest BCUT2D eigenvalue weighted by Gasteiger charge is 2.27. The molecule has 0 spiro atoms. The van der Waals surface area contributed by atoms with E-state index >= 15 is 0 Å². The predicted octanol–water partition coefficient (Wildman–Crippen LogP) is 3.43. The van der Waals surface area contributed by atoms with Gasteiger partial charge in [0.05, 0.1) is 16.4 Å². The Labute approximate surface area is 168 Å². The zero-order valence-corrected chi connectivity index (χ0v) is 16.6. The number of hydrogen-bond acceptors (Lipinski definition) is 4. The molecule has 0 bridgehead atoms. The van der Waals surface area contributed by atoms with Gasteiger partial charge in [-0.05, 0) is 36.4 Å². The number of anilines is 3. The lowest BCUT2D eigenvalue weighted by Gasteiger charge is -2.29. The van der Waals surface area contributed by atoms with E-state index in [4.69, 9.17) is 16.3 Å². The standard InChI is InChI=1S/C18H15BrClN3O4/c1-10(24)21-12-3-4-14(13(20)7-12)22-17(25)8-23-15-5-2-11(19)6-16(15)27-9-18(23)26/h2-7H,8-9H2,1H3,(H,21,24)(H,22,25). The first kappa shape index (κ1) is 19.2. The molecule has 0 atom stereocenters. The van der Waals surface area contributed by atoms with Crippen LogP contribution in [0.5, 0.6) is 5.75 Å². The Morgan fingerprint density at radius 1 is 1.22 bits per heavy atom. The van der Waals surface area contributed by atoms with E-state index in [1.807, 2.05) is 0 Å². The van der Waals surface area contributed by atoms with Gasteiger partial charge in [-0.15, -0.1) is 0 Å². The maximum absolute atomic E-state index is 12.4. The molecule has 1 heterocycles. The van der Waals surface area contributed by atoms with E-state index < -0.39 is 5.91 Å². The summed E-state index contributed by atoms with van der Waals surface area (Å²) in [6, 6.07) is 9.95. The van der Waals surface area contributed by atoms with Crippen LogP contribution in [0.2, 0.25) is 5.02 Å². The van der Waals surface area contributed by atoms with Crippen LogP contribution < -0.4 is 20.3 Å². The molecule has 1 aliphatic heterocycles. The second kappa shape index (κ2) is 7.98. The average Bonchev–Trinajstić information content (AvgIpc) is 2.59. The topological polar surface area (TPSA) is 87.7 Å². The van der Waals surface area contributed by atoms with Gasteiger partial charge in [-0.25, -0.2) is 0 Å². The Hall–Kier alpha value is -2.58. The molecule has 2 aromatic carbocycles. The van der Waals surface area contributed by atoms with Crippen LogP contribution in [0, 0.1) is 0 Å². The van der Waals surface area contributed by atoms with E-state index in [-0.39, 0.29) is 30.0 Å². The minimum Gasteiger partial charge on any atom is -0.482 e. The van der Waals surface area contributed by atoms with Crippen molar-refractivity contribution in [3.63, 3.8) is 0 Å². The first-order valence-corrected chi connectivity index (χ1v) is 9.10. The maximum Gasteiger partial charge on any atom is 0.265 e. The summed E-state index contributed by atoms with van der Waals surface area (Å²) in [7, 11) is 0. The van der Waals surface area contributed by atoms with E-state index in [0.29, 0.717) is 22.8 Å². The first-order chi connectivity index (χ1) is 12.8. The van der Waals surface area contributed by atoms with Crippen molar-refractivity contribution in [1.29, 1.82) is 0 Å². The molecule has 0 aromatic heterocycles. The Bertz CT molecular complexity index is 935. The highest BCUT2D eigenvalue weighted by atomic mass is 79.9. The van der Waals surface area contributed by atoms with Crippen LogP contribution in [-0.2, 0) is 14.4 Å². The van der Waals surface area contributed by atoms with Gasteiger partial charge in [0, 0.05) is 17.1 Å². The Morgan fingerprint density at radius 2 is 2.00 bits per heavy atom. The van der Waals surface area contributed by atoms with Crippen molar-refractivity contribution in [2.45, 2.75) is 6.92 Å². The normalized spacial score (nSPS) is 12.9. The smallest absolute Gasteiger partial charge is 0.265 e. The van der Waals surface area contributed by atoms with Crippen LogP contribution in [0.1, 0.15) is 6.92 Å². The molecule has 27 heavy (non-hydrogen) atoms. The predicted molar refractivity (Wildman–Crippen MR) is 106 cm³/mol. The molecular weight excluding hydrogens is 438 g/mol. The summed E-state index contributed by atoms with van der Waals surface area (Å²) in [4.78, 5) is 37.1. The van der Waals surface area contributed by atoms with Crippen LogP contribution in [0.15, 0.2) is 40.9 Å². The summed E-state index contributed by atoms with van der Waals surface area (Å²) < 4.78 is 6.21. The zero-order chi connectivity index (χ0) is 19.6. The van der Waals surface area contributed by atoms with Crippen LogP contribution in [0.25, 0.3) is 0 Å². The molecule has 2 aromatic rings. The molecule has 0 aliphatic carbocycles. The fraction of sp³-hybridized carbons (Fsp3) is 0.167. The van der Waals surface area contributed by atoms with Crippen LogP contribution in [0.4, 0.5) is 17.1 Å². The molecule has 0 radical (unpaired) electrons. The molecule has 0 unspecified atom stereocenters. The van der Waals surface area contributed by atoms with Gasteiger partial charge in [-0.1, -0.05) is 27.5 Å². The van der Waals surface area contributed by atoms with Crippen molar-refractivity contribution < 1.29 is 19.1 Å². The summed E-state index contributed by atoms with van der Waals surface area (Å²) in [5, 5.41) is 5.55. The Morgan fingerprint density at radius 3 is 2.70 bits per heavy atom. The SMILES string of the molecule is CC(=O)Nc1ccc(NC(=O)CN2C(=O)COc3cc(Br)ccc32)c(Cl)c1. The summed E-state index contributed by atoms with van der Waals surface area (Å²) in [6.07, 6.45) is 0. The van der Waals surface area contributed by atoms with E-state index in [1.165, 1.54) is 17.9 Å². The number of benzene rings is 2. The number of nitrogens with zero attached hydrogens (tertiary/aromatic N) is 1. The lowest BCUT2D eigenvalue weighted by atomic mass is 10.2. The third kappa shape index (κ3) is 4.58. The van der Waals surface area contributed by atoms with E-state index in [9.17, 15) is 14.4 Å². The molecule has 7 nitrogen and oxygen atoms in total. The quantitative estimate of drug-likeness (QED) is 0.744. The van der Waals surface area contributed by atoms with Gasteiger partial charge >= 0.3 is 0 Å². The van der Waals surface area contributed by atoms with Gasteiger partial charge in [0.2, 0.25) is 11.8 Å². The largest absolute Gasteiger partial charge is 0.482 e. The number of fused-ring (bicyclic) bond motifs is 1. The minimum absolute atomic E-state index is 0.136. The summed E-state index contributed by atoms with van der Waals surface area (Å²) in [5.74, 6) is -0.422. The summed E-state index contributed by atoms with van der Waals surface area (Å²) in [6.45, 7) is 1.07. The van der Waals surface area contributed by atoms with Gasteiger partial charge < -0.3 is 15.4 Å². The number of carbonyl (C=O) groups excluding carboxylic acids is 3. The van der Waals surface area contributed by atoms with Crippen molar-refractivity contribution in [3.05, 3.63) is 45.9 Å². The molecule has 9 heteroatoms. The van der Waals surface area contributed by atoms with E-state index in [2.05, 4.69) is 26.6 Å². The third-order valence-electron chi connectivity index (χ3n) is 3.73. The van der Waals surface area contributed by atoms with E-state index in [0.717, 1.165) is 4.47 Å². The number of nitrogens with one attached hydrogen (secondary N) is 2. The molecule has 3 rings (SSSR count). The molecule has 140 valence electrons. The van der Waals surface area contributed by atoms with Crippen LogP contribution in [0.3, 0.4) is 0 Å². The monoisotopic (exact) mass is 451 g/mol. The van der Waals surface area contributed by atoms with Crippen LogP contribution in [-0.4, -0.2) is 30.9 Å². The van der Waals surface area contributed by atoms with Crippen LogP contribution >= 0.6 is 27.5 Å². The highest BCUT2D eigenvalue weighted by Crippen LogP contribution is 2.34. The number of amides is 3. The van der Waals surface area contributed by atoms with Crippen molar-refractivity contribution in [2.24, 2.45) is 0 Å². The minimum atomic E-state index is -0.409. The van der Waals surface area contributed by atoms with Crippen molar-refractivity contribution in [2.75, 3.05) is 28.7 Å². The number of hydrogen-bond donors (Lipinski definition) is 2. The van der Waals surface area contributed by atoms with Crippen molar-refractivity contribution in [3.8, 4) is 5.75 Å². The molecule has 3 amide bonds. The number of carbonyl (C=O) groups is 3. The Kier molecular flexibility index (Phi) is 5.67. The molecule has 2 N–H and O–H groups in total. The maximum atomic E-state index is 12.4. The summed E-state index contributed by atoms with van der Waals surface area (Å²) >= 11 is 9.50. The average molecular weight is 453 g/mol. The van der Waals surface area contributed by atoms with Gasteiger partial charge in [0.15, 0.2) is 6.61 Å². The zero-order valence-electron chi connectivity index (χ0n) is 14.2. The third-order valence-corrected chi connectivity index (χ3v) is 4.54. The second-order valence-electron chi connectivity index (χ2n) is 5.80. The fourth-order valence-corrected chi connectivity index (χ4v) is 3.15. The molecule has 0 saturated heterocycles. The second-order valence-corrected chi connectivity index (χ2v) is 7.13. The number of ether oxygens (including phenoxy) is 1. The van der Waals surface area contributed by atoms with Crippen molar-refractivity contribution >= 4 is 62.3 Å². The molecular formula is C18H15BrClN3O4. The molecule has 0 saturated carbocycles. The van der Waals surface area contributed by atoms with E-state index in [1.54, 1.807) is 30.3 Å². The van der Waals surface area contributed by atoms with Crippen molar-refractivity contribution in [1.82, 2.24) is 0 Å². The van der Waals surface area contributed by atoms with Gasteiger partial charge in [-0.3, -0.25) is 19.3 Å². The molecule has 0 fully saturated rings. The lowest BCUT2D eigenvalue weighted by Crippen LogP contribution is -2.43. The fourth-order valence-electron chi connectivity index (χ4n) is 2.58. The lowest BCUT2D eigenvalue weighted by molar-refractivity contribution is -0.123. The van der Waals surface area contributed by atoms with Gasteiger partial charge in [0.25, 0.3) is 5.91 Å². The summed E-state index contributed by atoms with van der Waals surface area (Å²) in [5.41, 5.74) is 1.43. The number of rotatable bonds is 4. The molecule has 1 aliphatic rings. The van der Waals surface area contributed by atoms with Gasteiger partial charge in [-0.2, -0.15) is 0 Å². The highest BCUT2D eigenvalue weighted by molar-refractivity contribution is 9.10. The Balaban J connectivity index is 1.73. The number of halogens is 2. The van der Waals surface area contributed by atoms with Gasteiger partial charge in [0.1, 0.15) is 12.3 Å². The first-order valence-electron chi connectivity index (χ1n) is 7.93.